The number of nitrogens with one attached hydrogen (secondary N) is 1. The van der Waals surface area contributed by atoms with Crippen LogP contribution in [0.3, 0.4) is 0 Å². The lowest BCUT2D eigenvalue weighted by Gasteiger charge is -2.08. The molecule has 4 nitrogen and oxygen atoms in total. The minimum Gasteiger partial charge on any atom is -0.382 e. The molecular weight excluding hydrogens is 262 g/mol. The molecule has 2 aromatic rings. The average Bonchev–Trinajstić information content (AvgIpc) is 3.17. The van der Waals surface area contributed by atoms with Gasteiger partial charge in [-0.15, -0.1) is 0 Å². The minimum absolute atomic E-state index is 0.343. The van der Waals surface area contributed by atoms with Crippen molar-refractivity contribution in [1.82, 2.24) is 9.78 Å². The predicted octanol–water partition coefficient (Wildman–Crippen LogP) is 3.11. The summed E-state index contributed by atoms with van der Waals surface area (Å²) >= 11 is 0. The highest BCUT2D eigenvalue weighted by atomic mass is 16.5. The number of hydrogen-bond acceptors (Lipinski definition) is 3. The van der Waals surface area contributed by atoms with Gasteiger partial charge in [-0.25, -0.2) is 0 Å². The summed E-state index contributed by atoms with van der Waals surface area (Å²) in [6, 6.07) is 10.6. The van der Waals surface area contributed by atoms with Crippen molar-refractivity contribution in [2.45, 2.75) is 38.3 Å². The molecule has 1 aromatic carbocycles. The zero-order chi connectivity index (χ0) is 14.3. The average molecular weight is 285 g/mol. The lowest BCUT2D eigenvalue weighted by atomic mass is 10.1. The Morgan fingerprint density at radius 1 is 1.29 bits per heavy atom. The van der Waals surface area contributed by atoms with Crippen LogP contribution < -0.4 is 5.32 Å². The van der Waals surface area contributed by atoms with Gasteiger partial charge in [0.05, 0.1) is 24.5 Å². The standard InChI is InChI=1S/C17H23N3O/c1-2-6-15(7-3-1)8-4-10-18-16-12-19-20(13-16)14-17-9-5-11-21-17/h1-3,6-7,12-13,17-18H,4-5,8-11,14H2. The van der Waals surface area contributed by atoms with Crippen molar-refractivity contribution in [3.05, 3.63) is 48.3 Å². The molecule has 0 bridgehead atoms. The highest BCUT2D eigenvalue weighted by Gasteiger charge is 2.16. The Balaban J connectivity index is 1.38. The van der Waals surface area contributed by atoms with Crippen LogP contribution in [0.2, 0.25) is 0 Å². The van der Waals surface area contributed by atoms with Crippen LogP contribution in [0.25, 0.3) is 0 Å². The van der Waals surface area contributed by atoms with Crippen LogP contribution in [0.1, 0.15) is 24.8 Å². The van der Waals surface area contributed by atoms with E-state index in [1.807, 2.05) is 10.9 Å². The zero-order valence-electron chi connectivity index (χ0n) is 12.4. The summed E-state index contributed by atoms with van der Waals surface area (Å²) in [6.45, 7) is 2.74. The topological polar surface area (TPSA) is 39.1 Å². The number of aryl methyl sites for hydroxylation is 1. The molecule has 1 unspecified atom stereocenters. The van der Waals surface area contributed by atoms with Gasteiger partial charge >= 0.3 is 0 Å². The zero-order valence-corrected chi connectivity index (χ0v) is 12.4. The third-order valence-electron chi connectivity index (χ3n) is 3.86. The summed E-state index contributed by atoms with van der Waals surface area (Å²) in [5.74, 6) is 0. The largest absolute Gasteiger partial charge is 0.382 e. The molecule has 1 N–H and O–H groups in total. The smallest absolute Gasteiger partial charge is 0.0771 e. The van der Waals surface area contributed by atoms with Gasteiger partial charge in [-0.2, -0.15) is 5.10 Å². The Kier molecular flexibility index (Phi) is 4.90. The number of benzene rings is 1. The molecule has 1 aliphatic rings. The van der Waals surface area contributed by atoms with Crippen LogP contribution >= 0.6 is 0 Å². The van der Waals surface area contributed by atoms with Gasteiger partial charge in [-0.3, -0.25) is 4.68 Å². The Labute approximate surface area is 126 Å². The molecule has 2 heterocycles. The van der Waals surface area contributed by atoms with Crippen LogP contribution in [0.15, 0.2) is 42.7 Å². The summed E-state index contributed by atoms with van der Waals surface area (Å²) < 4.78 is 7.61. The van der Waals surface area contributed by atoms with Crippen molar-refractivity contribution in [1.29, 1.82) is 0 Å². The van der Waals surface area contributed by atoms with Crippen LogP contribution in [-0.2, 0) is 17.7 Å². The summed E-state index contributed by atoms with van der Waals surface area (Å²) in [4.78, 5) is 0. The van der Waals surface area contributed by atoms with E-state index in [0.717, 1.165) is 44.6 Å². The Morgan fingerprint density at radius 2 is 2.19 bits per heavy atom. The van der Waals surface area contributed by atoms with E-state index < -0.39 is 0 Å². The molecular formula is C17H23N3O. The van der Waals surface area contributed by atoms with Crippen LogP contribution in [0.5, 0.6) is 0 Å². The van der Waals surface area contributed by atoms with Gasteiger partial charge in [0.2, 0.25) is 0 Å². The maximum Gasteiger partial charge on any atom is 0.0771 e. The van der Waals surface area contributed by atoms with Gasteiger partial charge in [-0.1, -0.05) is 30.3 Å². The minimum atomic E-state index is 0.343. The molecule has 1 atom stereocenters. The first-order valence-electron chi connectivity index (χ1n) is 7.82. The lowest BCUT2D eigenvalue weighted by molar-refractivity contribution is 0.0940. The van der Waals surface area contributed by atoms with E-state index in [1.54, 1.807) is 0 Å². The molecule has 0 saturated carbocycles. The number of aromatic nitrogens is 2. The summed E-state index contributed by atoms with van der Waals surface area (Å²) in [6.07, 6.45) is 8.88. The Hall–Kier alpha value is -1.81. The second-order valence-electron chi connectivity index (χ2n) is 5.60. The number of ether oxygens (including phenoxy) is 1. The molecule has 1 aromatic heterocycles. The highest BCUT2D eigenvalue weighted by Crippen LogP contribution is 2.15. The van der Waals surface area contributed by atoms with E-state index in [1.165, 1.54) is 12.0 Å². The first kappa shape index (κ1) is 14.1. The Morgan fingerprint density at radius 3 is 3.00 bits per heavy atom. The molecule has 1 aliphatic heterocycles. The van der Waals surface area contributed by atoms with Crippen molar-refractivity contribution in [2.75, 3.05) is 18.5 Å². The van der Waals surface area contributed by atoms with Crippen LogP contribution in [0, 0.1) is 0 Å². The van der Waals surface area contributed by atoms with Gasteiger partial charge in [0.25, 0.3) is 0 Å². The molecule has 4 heteroatoms. The molecule has 21 heavy (non-hydrogen) atoms. The molecule has 1 saturated heterocycles. The van der Waals surface area contributed by atoms with E-state index in [0.29, 0.717) is 6.10 Å². The van der Waals surface area contributed by atoms with Gasteiger partial charge < -0.3 is 10.1 Å². The Bertz CT molecular complexity index is 532. The molecule has 0 aliphatic carbocycles. The summed E-state index contributed by atoms with van der Waals surface area (Å²) in [5.41, 5.74) is 2.49. The fourth-order valence-electron chi connectivity index (χ4n) is 2.72. The van der Waals surface area contributed by atoms with Crippen molar-refractivity contribution in [2.24, 2.45) is 0 Å². The first-order chi connectivity index (χ1) is 10.4. The third-order valence-corrected chi connectivity index (χ3v) is 3.86. The second-order valence-corrected chi connectivity index (χ2v) is 5.60. The molecule has 0 amide bonds. The second kappa shape index (κ2) is 7.27. The fourth-order valence-corrected chi connectivity index (χ4v) is 2.72. The number of nitrogens with zero attached hydrogens (tertiary/aromatic N) is 2. The number of hydrogen-bond donors (Lipinski definition) is 1. The molecule has 0 radical (unpaired) electrons. The van der Waals surface area contributed by atoms with Crippen LogP contribution in [0.4, 0.5) is 5.69 Å². The van der Waals surface area contributed by atoms with E-state index in [4.69, 9.17) is 4.74 Å². The summed E-state index contributed by atoms with van der Waals surface area (Å²) in [5, 5.41) is 7.83. The van der Waals surface area contributed by atoms with Crippen molar-refractivity contribution >= 4 is 5.69 Å². The summed E-state index contributed by atoms with van der Waals surface area (Å²) in [7, 11) is 0. The van der Waals surface area contributed by atoms with E-state index in [2.05, 4.69) is 46.9 Å². The van der Waals surface area contributed by atoms with Gasteiger partial charge in [0.15, 0.2) is 0 Å². The van der Waals surface area contributed by atoms with Crippen molar-refractivity contribution in [3.63, 3.8) is 0 Å². The molecule has 1 fully saturated rings. The van der Waals surface area contributed by atoms with Gasteiger partial charge in [0, 0.05) is 19.3 Å². The lowest BCUT2D eigenvalue weighted by Crippen LogP contribution is -2.15. The maximum absolute atomic E-state index is 5.63. The van der Waals surface area contributed by atoms with Crippen LogP contribution in [-0.4, -0.2) is 29.0 Å². The normalized spacial score (nSPS) is 18.0. The number of anilines is 1. The third kappa shape index (κ3) is 4.33. The first-order valence-corrected chi connectivity index (χ1v) is 7.82. The number of rotatable bonds is 7. The van der Waals surface area contributed by atoms with E-state index in [-0.39, 0.29) is 0 Å². The maximum atomic E-state index is 5.63. The molecule has 0 spiro atoms. The molecule has 112 valence electrons. The quantitative estimate of drug-likeness (QED) is 0.795. The van der Waals surface area contributed by atoms with Crippen molar-refractivity contribution in [3.8, 4) is 0 Å². The van der Waals surface area contributed by atoms with Gasteiger partial charge in [0.1, 0.15) is 0 Å². The fraction of sp³-hybridized carbons (Fsp3) is 0.471. The SMILES string of the molecule is c1ccc(CCCNc2cnn(CC3CCCO3)c2)cc1. The van der Waals surface area contributed by atoms with E-state index in [9.17, 15) is 0 Å². The molecule has 3 rings (SSSR count). The highest BCUT2D eigenvalue weighted by molar-refractivity contribution is 5.37. The van der Waals surface area contributed by atoms with E-state index >= 15 is 0 Å². The predicted molar refractivity (Wildman–Crippen MR) is 84.5 cm³/mol. The van der Waals surface area contributed by atoms with Crippen molar-refractivity contribution < 1.29 is 4.74 Å². The van der Waals surface area contributed by atoms with Gasteiger partial charge in [-0.05, 0) is 31.2 Å². The monoisotopic (exact) mass is 285 g/mol.